The molecule has 0 N–H and O–H groups in total. The summed E-state index contributed by atoms with van der Waals surface area (Å²) < 4.78 is 0. The molecule has 0 aromatic heterocycles. The number of hydrogen-bond acceptors (Lipinski definition) is 2. The molecule has 90 valence electrons. The number of benzene rings is 1. The van der Waals surface area contributed by atoms with Crippen LogP contribution in [0.15, 0.2) is 24.3 Å². The van der Waals surface area contributed by atoms with Gasteiger partial charge in [0.1, 0.15) is 5.78 Å². The molecule has 17 heavy (non-hydrogen) atoms. The maximum Gasteiger partial charge on any atom is 0.254 e. The highest BCUT2D eigenvalue weighted by atomic mass is 16.2. The molecule has 0 spiro atoms. The average Bonchev–Trinajstić information content (AvgIpc) is 2.64. The van der Waals surface area contributed by atoms with Crippen LogP contribution in [0.1, 0.15) is 36.2 Å². The van der Waals surface area contributed by atoms with Crippen molar-refractivity contribution in [2.24, 2.45) is 5.92 Å². The first-order valence-electron chi connectivity index (χ1n) is 5.99. The number of carbonyl (C=O) groups is 2. The Bertz CT molecular complexity index is 451. The molecule has 3 heteroatoms. The number of hydrogen-bond donors (Lipinski definition) is 0. The van der Waals surface area contributed by atoms with Crippen molar-refractivity contribution in [1.82, 2.24) is 4.90 Å². The van der Waals surface area contributed by atoms with Gasteiger partial charge in [-0.2, -0.15) is 0 Å². The first-order chi connectivity index (χ1) is 8.09. The molecule has 0 unspecified atom stereocenters. The Labute approximate surface area is 101 Å². The molecule has 0 bridgehead atoms. The van der Waals surface area contributed by atoms with E-state index in [-0.39, 0.29) is 17.6 Å². The minimum Gasteiger partial charge on any atom is -0.334 e. The largest absolute Gasteiger partial charge is 0.334 e. The van der Waals surface area contributed by atoms with Gasteiger partial charge in [0, 0.05) is 31.0 Å². The Morgan fingerprint density at radius 2 is 2.06 bits per heavy atom. The fourth-order valence-electron chi connectivity index (χ4n) is 2.03. The van der Waals surface area contributed by atoms with Crippen molar-refractivity contribution in [3.63, 3.8) is 0 Å². The number of fused-ring (bicyclic) bond motifs is 1. The predicted octanol–water partition coefficient (Wildman–Crippen LogP) is 2.26. The van der Waals surface area contributed by atoms with E-state index in [1.807, 2.05) is 38.1 Å². The molecule has 1 aliphatic rings. The summed E-state index contributed by atoms with van der Waals surface area (Å²) in [7, 11) is 0. The second-order valence-corrected chi connectivity index (χ2v) is 4.75. The molecule has 0 saturated carbocycles. The normalized spacial score (nSPS) is 14.3. The fraction of sp³-hybridized carbons (Fsp3) is 0.429. The number of amides is 1. The van der Waals surface area contributed by atoms with E-state index in [1.165, 1.54) is 0 Å². The van der Waals surface area contributed by atoms with E-state index in [9.17, 15) is 9.59 Å². The molecule has 1 aromatic carbocycles. The Morgan fingerprint density at radius 1 is 1.35 bits per heavy atom. The summed E-state index contributed by atoms with van der Waals surface area (Å²) in [6.45, 7) is 4.96. The Kier molecular flexibility index (Phi) is 3.27. The van der Waals surface area contributed by atoms with Gasteiger partial charge in [-0.25, -0.2) is 0 Å². The number of Topliss-reactive ketones (excluding diaryl/α,β-unsaturated/α-hetero) is 1. The van der Waals surface area contributed by atoms with Crippen LogP contribution >= 0.6 is 0 Å². The number of ketones is 1. The van der Waals surface area contributed by atoms with Gasteiger partial charge in [0.15, 0.2) is 0 Å². The highest BCUT2D eigenvalue weighted by Gasteiger charge is 2.26. The quantitative estimate of drug-likeness (QED) is 0.797. The molecule has 1 aromatic rings. The van der Waals surface area contributed by atoms with E-state index >= 15 is 0 Å². The van der Waals surface area contributed by atoms with Crippen LogP contribution in [0.25, 0.3) is 0 Å². The minimum absolute atomic E-state index is 0.0510. The zero-order valence-electron chi connectivity index (χ0n) is 10.3. The van der Waals surface area contributed by atoms with Crippen molar-refractivity contribution in [2.45, 2.75) is 26.8 Å². The van der Waals surface area contributed by atoms with Gasteiger partial charge in [0.2, 0.25) is 0 Å². The molecule has 0 atom stereocenters. The third-order valence-electron chi connectivity index (χ3n) is 3.17. The zero-order valence-corrected chi connectivity index (χ0v) is 10.3. The van der Waals surface area contributed by atoms with Gasteiger partial charge in [-0.1, -0.05) is 32.0 Å². The lowest BCUT2D eigenvalue weighted by atomic mass is 10.1. The van der Waals surface area contributed by atoms with E-state index in [0.717, 1.165) is 11.1 Å². The summed E-state index contributed by atoms with van der Waals surface area (Å²) in [4.78, 5) is 25.3. The highest BCUT2D eigenvalue weighted by Crippen LogP contribution is 2.22. The lowest BCUT2D eigenvalue weighted by molar-refractivity contribution is -0.122. The van der Waals surface area contributed by atoms with E-state index in [1.54, 1.807) is 4.90 Å². The van der Waals surface area contributed by atoms with Crippen LogP contribution < -0.4 is 0 Å². The van der Waals surface area contributed by atoms with Crippen LogP contribution in [0.4, 0.5) is 0 Å². The van der Waals surface area contributed by atoms with Crippen molar-refractivity contribution in [3.05, 3.63) is 35.4 Å². The SMILES string of the molecule is CC(C)C(=O)CCN1Cc2ccccc2C1=O. The molecule has 0 fully saturated rings. The van der Waals surface area contributed by atoms with Crippen LogP contribution in [0.2, 0.25) is 0 Å². The van der Waals surface area contributed by atoms with Crippen molar-refractivity contribution in [1.29, 1.82) is 0 Å². The summed E-state index contributed by atoms with van der Waals surface area (Å²) >= 11 is 0. The van der Waals surface area contributed by atoms with Gasteiger partial charge < -0.3 is 4.90 Å². The van der Waals surface area contributed by atoms with Crippen LogP contribution in [0.5, 0.6) is 0 Å². The van der Waals surface area contributed by atoms with E-state index in [4.69, 9.17) is 0 Å². The lowest BCUT2D eigenvalue weighted by Crippen LogP contribution is -2.27. The predicted molar refractivity (Wildman–Crippen MR) is 65.6 cm³/mol. The molecule has 3 nitrogen and oxygen atoms in total. The van der Waals surface area contributed by atoms with Crippen LogP contribution in [0, 0.1) is 5.92 Å². The summed E-state index contributed by atoms with van der Waals surface area (Å²) in [5.74, 6) is 0.320. The number of nitrogens with zero attached hydrogens (tertiary/aromatic N) is 1. The molecule has 1 amide bonds. The van der Waals surface area contributed by atoms with Gasteiger partial charge in [0.05, 0.1) is 0 Å². The molecule has 2 rings (SSSR count). The van der Waals surface area contributed by atoms with Crippen molar-refractivity contribution in [2.75, 3.05) is 6.54 Å². The Hall–Kier alpha value is -1.64. The van der Waals surface area contributed by atoms with Gasteiger partial charge in [-0.3, -0.25) is 9.59 Å². The maximum absolute atomic E-state index is 12.0. The fourth-order valence-corrected chi connectivity index (χ4v) is 2.03. The first kappa shape index (κ1) is 11.8. The molecule has 0 radical (unpaired) electrons. The Balaban J connectivity index is 1.99. The molecular formula is C14H17NO2. The Morgan fingerprint density at radius 3 is 2.71 bits per heavy atom. The van der Waals surface area contributed by atoms with Crippen LogP contribution in [-0.2, 0) is 11.3 Å². The van der Waals surface area contributed by atoms with Crippen LogP contribution in [-0.4, -0.2) is 23.1 Å². The molecular weight excluding hydrogens is 214 g/mol. The van der Waals surface area contributed by atoms with E-state index in [0.29, 0.717) is 19.5 Å². The standard InChI is InChI=1S/C14H17NO2/c1-10(2)13(16)7-8-15-9-11-5-3-4-6-12(11)14(15)17/h3-6,10H,7-9H2,1-2H3. The monoisotopic (exact) mass is 231 g/mol. The van der Waals surface area contributed by atoms with Gasteiger partial charge in [-0.15, -0.1) is 0 Å². The third-order valence-corrected chi connectivity index (χ3v) is 3.17. The first-order valence-corrected chi connectivity index (χ1v) is 5.99. The number of carbonyl (C=O) groups excluding carboxylic acids is 2. The highest BCUT2D eigenvalue weighted by molar-refractivity contribution is 5.98. The molecule has 1 aliphatic heterocycles. The van der Waals surface area contributed by atoms with Crippen molar-refractivity contribution >= 4 is 11.7 Å². The number of rotatable bonds is 4. The molecule has 0 aliphatic carbocycles. The van der Waals surface area contributed by atoms with Crippen molar-refractivity contribution < 1.29 is 9.59 Å². The summed E-state index contributed by atoms with van der Waals surface area (Å²) in [6, 6.07) is 7.63. The van der Waals surface area contributed by atoms with E-state index in [2.05, 4.69) is 0 Å². The van der Waals surface area contributed by atoms with Crippen LogP contribution in [0.3, 0.4) is 0 Å². The van der Waals surface area contributed by atoms with Gasteiger partial charge in [-0.05, 0) is 11.6 Å². The van der Waals surface area contributed by atoms with Crippen molar-refractivity contribution in [3.8, 4) is 0 Å². The summed E-state index contributed by atoms with van der Waals surface area (Å²) in [5, 5.41) is 0. The molecule has 0 saturated heterocycles. The maximum atomic E-state index is 12.0. The second-order valence-electron chi connectivity index (χ2n) is 4.75. The third kappa shape index (κ3) is 2.38. The summed E-state index contributed by atoms with van der Waals surface area (Å²) in [5.41, 5.74) is 1.85. The van der Waals surface area contributed by atoms with Gasteiger partial charge in [0.25, 0.3) is 5.91 Å². The summed E-state index contributed by atoms with van der Waals surface area (Å²) in [6.07, 6.45) is 0.456. The minimum atomic E-state index is 0.0510. The smallest absolute Gasteiger partial charge is 0.254 e. The van der Waals surface area contributed by atoms with E-state index < -0.39 is 0 Å². The second kappa shape index (κ2) is 4.70. The molecule has 1 heterocycles. The van der Waals surface area contributed by atoms with Gasteiger partial charge >= 0.3 is 0 Å². The lowest BCUT2D eigenvalue weighted by Gasteiger charge is -2.15. The average molecular weight is 231 g/mol. The zero-order chi connectivity index (χ0) is 12.4. The topological polar surface area (TPSA) is 37.4 Å².